The molecule has 2 aromatic rings. The van der Waals surface area contributed by atoms with Crippen molar-refractivity contribution in [3.8, 4) is 0 Å². The van der Waals surface area contributed by atoms with Gasteiger partial charge in [-0.3, -0.25) is 19.7 Å². The third-order valence-electron chi connectivity index (χ3n) is 5.89. The van der Waals surface area contributed by atoms with Gasteiger partial charge in [0.25, 0.3) is 17.5 Å². The highest BCUT2D eigenvalue weighted by Gasteiger charge is 2.27. The molecule has 2 aromatic carbocycles. The second-order valence-corrected chi connectivity index (χ2v) is 8.38. The van der Waals surface area contributed by atoms with E-state index in [0.717, 1.165) is 38.8 Å². The first-order valence-corrected chi connectivity index (χ1v) is 10.7. The Morgan fingerprint density at radius 2 is 1.74 bits per heavy atom. The van der Waals surface area contributed by atoms with Crippen LogP contribution in [0.1, 0.15) is 53.3 Å². The number of nitrogens with one attached hydrogen (secondary N) is 2. The minimum atomic E-state index is -0.492. The number of hydrogen-bond acceptors (Lipinski definition) is 5. The third-order valence-corrected chi connectivity index (χ3v) is 5.89. The number of carbonyl (C=O) groups excluding carboxylic acids is 2. The fourth-order valence-corrected chi connectivity index (χ4v) is 3.80. The van der Waals surface area contributed by atoms with E-state index in [-0.39, 0.29) is 23.2 Å². The lowest BCUT2D eigenvalue weighted by Crippen LogP contribution is -2.33. The molecule has 1 saturated carbocycles. The fourth-order valence-electron chi connectivity index (χ4n) is 3.80. The lowest BCUT2D eigenvalue weighted by Gasteiger charge is -2.31. The molecule has 0 atom stereocenters. The van der Waals surface area contributed by atoms with Gasteiger partial charge in [0.1, 0.15) is 5.69 Å². The summed E-state index contributed by atoms with van der Waals surface area (Å²) in [6.07, 6.45) is 3.90. The fraction of sp³-hybridized carbons (Fsp3) is 0.391. The molecule has 162 valence electrons. The van der Waals surface area contributed by atoms with Crippen LogP contribution in [0.5, 0.6) is 0 Å². The number of para-hydroxylation sites is 1. The van der Waals surface area contributed by atoms with Gasteiger partial charge in [0.2, 0.25) is 0 Å². The van der Waals surface area contributed by atoms with E-state index >= 15 is 0 Å². The Morgan fingerprint density at radius 1 is 1.03 bits per heavy atom. The third kappa shape index (κ3) is 4.84. The Kier molecular flexibility index (Phi) is 5.88. The van der Waals surface area contributed by atoms with Gasteiger partial charge < -0.3 is 15.5 Å². The first-order valence-electron chi connectivity index (χ1n) is 10.7. The van der Waals surface area contributed by atoms with Crippen LogP contribution in [0.15, 0.2) is 42.5 Å². The molecule has 1 heterocycles. The van der Waals surface area contributed by atoms with E-state index in [2.05, 4.69) is 17.6 Å². The number of nitrogens with zero attached hydrogens (tertiary/aromatic N) is 2. The van der Waals surface area contributed by atoms with E-state index in [9.17, 15) is 19.7 Å². The van der Waals surface area contributed by atoms with Gasteiger partial charge in [-0.25, -0.2) is 0 Å². The van der Waals surface area contributed by atoms with E-state index < -0.39 is 10.8 Å². The number of anilines is 2. The molecule has 8 heteroatoms. The van der Waals surface area contributed by atoms with Crippen LogP contribution < -0.4 is 15.5 Å². The van der Waals surface area contributed by atoms with Crippen molar-refractivity contribution in [3.63, 3.8) is 0 Å². The summed E-state index contributed by atoms with van der Waals surface area (Å²) in [6.45, 7) is 3.70. The predicted octanol–water partition coefficient (Wildman–Crippen LogP) is 3.98. The maximum absolute atomic E-state index is 12.8. The normalized spacial score (nSPS) is 16.6. The van der Waals surface area contributed by atoms with Crippen LogP contribution in [0.4, 0.5) is 17.1 Å². The molecule has 0 radical (unpaired) electrons. The molecule has 4 rings (SSSR count). The number of piperidine rings is 1. The van der Waals surface area contributed by atoms with Gasteiger partial charge in [0.15, 0.2) is 0 Å². The maximum atomic E-state index is 12.8. The van der Waals surface area contributed by atoms with Crippen molar-refractivity contribution >= 4 is 28.9 Å². The molecule has 8 nitrogen and oxygen atoms in total. The van der Waals surface area contributed by atoms with Gasteiger partial charge >= 0.3 is 0 Å². The molecular formula is C23H26N4O4. The molecular weight excluding hydrogens is 396 g/mol. The average Bonchev–Trinajstić information content (AvgIpc) is 3.58. The van der Waals surface area contributed by atoms with Crippen LogP contribution in [0.2, 0.25) is 0 Å². The SMILES string of the molecule is CC1CCN(c2ccc(C(=O)Nc3ccccc3C(=O)NC3CC3)cc2[N+](=O)[O-])CC1. The number of benzene rings is 2. The van der Waals surface area contributed by atoms with Crippen molar-refractivity contribution in [1.29, 1.82) is 0 Å². The number of hydrogen-bond donors (Lipinski definition) is 2. The monoisotopic (exact) mass is 422 g/mol. The van der Waals surface area contributed by atoms with Crippen LogP contribution in [-0.2, 0) is 0 Å². The molecule has 0 unspecified atom stereocenters. The highest BCUT2D eigenvalue weighted by atomic mass is 16.6. The zero-order valence-corrected chi connectivity index (χ0v) is 17.5. The van der Waals surface area contributed by atoms with E-state index in [1.165, 1.54) is 6.07 Å². The number of rotatable bonds is 6. The first kappa shape index (κ1) is 20.8. The van der Waals surface area contributed by atoms with Crippen molar-refractivity contribution in [2.24, 2.45) is 5.92 Å². The van der Waals surface area contributed by atoms with Gasteiger partial charge in [0.05, 0.1) is 16.2 Å². The summed E-state index contributed by atoms with van der Waals surface area (Å²) in [4.78, 5) is 38.6. The van der Waals surface area contributed by atoms with Gasteiger partial charge in [-0.05, 0) is 55.9 Å². The Labute approximate surface area is 180 Å². The Bertz CT molecular complexity index is 1010. The van der Waals surface area contributed by atoms with Crippen LogP contribution >= 0.6 is 0 Å². The molecule has 1 aliphatic carbocycles. The van der Waals surface area contributed by atoms with Crippen LogP contribution in [0.25, 0.3) is 0 Å². The summed E-state index contributed by atoms with van der Waals surface area (Å²) in [7, 11) is 0. The van der Waals surface area contributed by atoms with Crippen molar-refractivity contribution in [3.05, 3.63) is 63.7 Å². The molecule has 1 saturated heterocycles. The van der Waals surface area contributed by atoms with Crippen LogP contribution in [0.3, 0.4) is 0 Å². The maximum Gasteiger partial charge on any atom is 0.293 e. The highest BCUT2D eigenvalue weighted by Crippen LogP contribution is 2.32. The quantitative estimate of drug-likeness (QED) is 0.541. The summed E-state index contributed by atoms with van der Waals surface area (Å²) in [5, 5.41) is 17.4. The minimum absolute atomic E-state index is 0.0815. The lowest BCUT2D eigenvalue weighted by molar-refractivity contribution is -0.384. The Hall–Kier alpha value is -3.42. The zero-order chi connectivity index (χ0) is 22.0. The van der Waals surface area contributed by atoms with Crippen molar-refractivity contribution in [2.45, 2.75) is 38.6 Å². The van der Waals surface area contributed by atoms with Gasteiger partial charge in [-0.15, -0.1) is 0 Å². The molecule has 0 aromatic heterocycles. The Morgan fingerprint density at radius 3 is 2.42 bits per heavy atom. The average molecular weight is 422 g/mol. The summed E-state index contributed by atoms with van der Waals surface area (Å²) in [6, 6.07) is 11.5. The van der Waals surface area contributed by atoms with E-state index in [1.54, 1.807) is 36.4 Å². The predicted molar refractivity (Wildman–Crippen MR) is 119 cm³/mol. The van der Waals surface area contributed by atoms with Crippen LogP contribution in [-0.4, -0.2) is 35.9 Å². The molecule has 31 heavy (non-hydrogen) atoms. The molecule has 1 aliphatic heterocycles. The Balaban J connectivity index is 1.54. The zero-order valence-electron chi connectivity index (χ0n) is 17.5. The van der Waals surface area contributed by atoms with Crippen molar-refractivity contribution in [2.75, 3.05) is 23.3 Å². The lowest BCUT2D eigenvalue weighted by atomic mass is 9.98. The van der Waals surface area contributed by atoms with E-state index in [4.69, 9.17) is 0 Å². The molecule has 0 spiro atoms. The molecule has 2 aliphatic rings. The topological polar surface area (TPSA) is 105 Å². The molecule has 2 N–H and O–H groups in total. The van der Waals surface area contributed by atoms with Crippen molar-refractivity contribution < 1.29 is 14.5 Å². The molecule has 2 amide bonds. The smallest absolute Gasteiger partial charge is 0.293 e. The molecule has 0 bridgehead atoms. The molecule has 2 fully saturated rings. The largest absolute Gasteiger partial charge is 0.366 e. The summed E-state index contributed by atoms with van der Waals surface area (Å²) in [5.74, 6) is -0.120. The summed E-state index contributed by atoms with van der Waals surface area (Å²) >= 11 is 0. The van der Waals surface area contributed by atoms with E-state index in [1.807, 2.05) is 4.90 Å². The number of carbonyl (C=O) groups is 2. The van der Waals surface area contributed by atoms with Gasteiger partial charge in [0, 0.05) is 30.8 Å². The summed E-state index contributed by atoms with van der Waals surface area (Å²) in [5.41, 5.74) is 1.39. The van der Waals surface area contributed by atoms with E-state index in [0.29, 0.717) is 22.9 Å². The first-order chi connectivity index (χ1) is 14.9. The number of nitro groups is 1. The second kappa shape index (κ2) is 8.75. The number of amides is 2. The number of nitro benzene ring substituents is 1. The second-order valence-electron chi connectivity index (χ2n) is 8.38. The van der Waals surface area contributed by atoms with Crippen LogP contribution in [0, 0.1) is 16.0 Å². The standard InChI is InChI=1S/C23H26N4O4/c1-15-10-12-26(13-11-15)20-9-6-16(14-21(20)27(30)31)22(28)25-19-5-3-2-4-18(19)23(29)24-17-7-8-17/h2-6,9,14-15,17H,7-8,10-13H2,1H3,(H,24,29)(H,25,28). The highest BCUT2D eigenvalue weighted by molar-refractivity contribution is 6.09. The minimum Gasteiger partial charge on any atom is -0.366 e. The van der Waals surface area contributed by atoms with Gasteiger partial charge in [-0.2, -0.15) is 0 Å². The summed E-state index contributed by atoms with van der Waals surface area (Å²) < 4.78 is 0. The van der Waals surface area contributed by atoms with Gasteiger partial charge in [-0.1, -0.05) is 19.1 Å². The van der Waals surface area contributed by atoms with Crippen molar-refractivity contribution in [1.82, 2.24) is 5.32 Å².